The van der Waals surface area contributed by atoms with Crippen LogP contribution in [0, 0.1) is 0 Å². The molecule has 0 aromatic rings. The molecule has 0 fully saturated rings. The maximum absolute atomic E-state index is 10.7. The summed E-state index contributed by atoms with van der Waals surface area (Å²) in [5.74, 6) is -0.855. The Balaban J connectivity index is 2.38. The second-order valence-electron chi connectivity index (χ2n) is 3.11. The molecule has 0 radical (unpaired) electrons. The lowest BCUT2D eigenvalue weighted by atomic mass is 9.93. The van der Waals surface area contributed by atoms with Crippen LogP contribution in [0.5, 0.6) is 0 Å². The molecule has 1 aliphatic carbocycles. The van der Waals surface area contributed by atoms with Gasteiger partial charge in [0.2, 0.25) is 0 Å². The van der Waals surface area contributed by atoms with Gasteiger partial charge in [0, 0.05) is 24.4 Å². The van der Waals surface area contributed by atoms with Crippen LogP contribution in [0.4, 0.5) is 0 Å². The number of nitrogens with zero attached hydrogens (tertiary/aromatic N) is 1. The van der Waals surface area contributed by atoms with Crippen molar-refractivity contribution < 1.29 is 9.90 Å². The molecule has 1 heterocycles. The molecule has 14 heavy (non-hydrogen) atoms. The Morgan fingerprint density at radius 2 is 2.21 bits per heavy atom. The standard InChI is InChI=1S/C11H9NO2/c13-11(14)9-3-4-10-7-12-5-1-2-8(10)6-9/h1-5,7H,6H2,(H,13,14). The fourth-order valence-corrected chi connectivity index (χ4v) is 1.42. The fraction of sp³-hybridized carbons (Fsp3) is 0.0909. The summed E-state index contributed by atoms with van der Waals surface area (Å²) in [6.45, 7) is 0. The van der Waals surface area contributed by atoms with E-state index in [1.54, 1.807) is 24.6 Å². The molecule has 0 saturated carbocycles. The van der Waals surface area contributed by atoms with Gasteiger partial charge >= 0.3 is 5.97 Å². The highest BCUT2D eigenvalue weighted by Gasteiger charge is 2.15. The van der Waals surface area contributed by atoms with E-state index in [1.807, 2.05) is 12.2 Å². The summed E-state index contributed by atoms with van der Waals surface area (Å²) >= 11 is 0. The van der Waals surface area contributed by atoms with Gasteiger partial charge in [0.1, 0.15) is 0 Å². The van der Waals surface area contributed by atoms with Gasteiger partial charge in [-0.3, -0.25) is 4.99 Å². The molecule has 0 saturated heterocycles. The van der Waals surface area contributed by atoms with Crippen LogP contribution in [0.1, 0.15) is 6.42 Å². The predicted molar refractivity (Wildman–Crippen MR) is 54.1 cm³/mol. The van der Waals surface area contributed by atoms with Gasteiger partial charge in [-0.2, -0.15) is 0 Å². The number of carboxylic acids is 1. The lowest BCUT2D eigenvalue weighted by Crippen LogP contribution is -2.06. The molecule has 0 amide bonds. The second kappa shape index (κ2) is 3.46. The minimum Gasteiger partial charge on any atom is -0.478 e. The summed E-state index contributed by atoms with van der Waals surface area (Å²) in [6.07, 6.45) is 11.0. The molecule has 0 aromatic heterocycles. The third-order valence-electron chi connectivity index (χ3n) is 2.17. The molecule has 0 unspecified atom stereocenters. The van der Waals surface area contributed by atoms with E-state index in [4.69, 9.17) is 5.11 Å². The number of allylic oxidation sites excluding steroid dienone is 6. The molecule has 0 bridgehead atoms. The van der Waals surface area contributed by atoms with E-state index in [1.165, 1.54) is 0 Å². The number of aliphatic imine (C=N–C) groups is 1. The minimum absolute atomic E-state index is 0.420. The first kappa shape index (κ1) is 8.69. The van der Waals surface area contributed by atoms with Crippen molar-refractivity contribution in [3.63, 3.8) is 0 Å². The first-order valence-corrected chi connectivity index (χ1v) is 4.31. The van der Waals surface area contributed by atoms with Crippen molar-refractivity contribution in [2.45, 2.75) is 6.42 Å². The average molecular weight is 187 g/mol. The summed E-state index contributed by atoms with van der Waals surface area (Å²) < 4.78 is 0. The normalized spacial score (nSPS) is 19.0. The van der Waals surface area contributed by atoms with Crippen LogP contribution in [0.15, 0.2) is 52.2 Å². The zero-order chi connectivity index (χ0) is 9.97. The fourth-order valence-electron chi connectivity index (χ4n) is 1.42. The van der Waals surface area contributed by atoms with Gasteiger partial charge in [-0.1, -0.05) is 18.2 Å². The van der Waals surface area contributed by atoms with Crippen molar-refractivity contribution in [1.29, 1.82) is 0 Å². The Morgan fingerprint density at radius 3 is 3.00 bits per heavy atom. The SMILES string of the molecule is O=C(O)C1=CC=C2C=NC=CC=C2C1. The molecule has 2 rings (SSSR count). The summed E-state index contributed by atoms with van der Waals surface area (Å²) in [4.78, 5) is 14.8. The summed E-state index contributed by atoms with van der Waals surface area (Å²) in [6, 6.07) is 0. The minimum atomic E-state index is -0.855. The van der Waals surface area contributed by atoms with Crippen LogP contribution in [0.3, 0.4) is 0 Å². The van der Waals surface area contributed by atoms with E-state index in [-0.39, 0.29) is 0 Å². The number of hydrogen-bond acceptors (Lipinski definition) is 2. The van der Waals surface area contributed by atoms with Crippen LogP contribution in [-0.2, 0) is 4.79 Å². The highest BCUT2D eigenvalue weighted by atomic mass is 16.4. The topological polar surface area (TPSA) is 49.7 Å². The molecule has 2 aliphatic rings. The Hall–Kier alpha value is -1.90. The molecule has 3 heteroatoms. The molecule has 1 N–H and O–H groups in total. The Morgan fingerprint density at radius 1 is 1.36 bits per heavy atom. The van der Waals surface area contributed by atoms with Crippen LogP contribution < -0.4 is 0 Å². The molecule has 1 aliphatic heterocycles. The summed E-state index contributed by atoms with van der Waals surface area (Å²) in [5.41, 5.74) is 2.41. The van der Waals surface area contributed by atoms with Crippen LogP contribution in [0.2, 0.25) is 0 Å². The van der Waals surface area contributed by atoms with Crippen molar-refractivity contribution >= 4 is 12.2 Å². The molecular weight excluding hydrogens is 178 g/mol. The smallest absolute Gasteiger partial charge is 0.331 e. The zero-order valence-corrected chi connectivity index (χ0v) is 7.47. The highest BCUT2D eigenvalue weighted by Crippen LogP contribution is 2.24. The number of rotatable bonds is 1. The largest absolute Gasteiger partial charge is 0.478 e. The summed E-state index contributed by atoms with van der Waals surface area (Å²) in [7, 11) is 0. The highest BCUT2D eigenvalue weighted by molar-refractivity contribution is 5.93. The third-order valence-corrected chi connectivity index (χ3v) is 2.17. The van der Waals surface area contributed by atoms with Gasteiger partial charge in [-0.15, -0.1) is 0 Å². The van der Waals surface area contributed by atoms with Gasteiger partial charge in [0.05, 0.1) is 0 Å². The van der Waals surface area contributed by atoms with Gasteiger partial charge in [-0.05, 0) is 17.2 Å². The lowest BCUT2D eigenvalue weighted by molar-refractivity contribution is -0.132. The number of carbonyl (C=O) groups is 1. The van der Waals surface area contributed by atoms with Crippen LogP contribution in [0.25, 0.3) is 0 Å². The van der Waals surface area contributed by atoms with Crippen molar-refractivity contribution in [3.05, 3.63) is 47.2 Å². The van der Waals surface area contributed by atoms with E-state index in [0.29, 0.717) is 12.0 Å². The first-order chi connectivity index (χ1) is 6.77. The van der Waals surface area contributed by atoms with Crippen molar-refractivity contribution in [1.82, 2.24) is 0 Å². The average Bonchev–Trinajstić information content (AvgIpc) is 2.41. The molecule has 0 atom stereocenters. The summed E-state index contributed by atoms with van der Waals surface area (Å²) in [5, 5.41) is 8.82. The van der Waals surface area contributed by atoms with Crippen LogP contribution >= 0.6 is 0 Å². The molecule has 70 valence electrons. The van der Waals surface area contributed by atoms with Crippen molar-refractivity contribution in [2.24, 2.45) is 4.99 Å². The molecule has 0 spiro atoms. The van der Waals surface area contributed by atoms with E-state index in [9.17, 15) is 4.79 Å². The van der Waals surface area contributed by atoms with Crippen molar-refractivity contribution in [2.75, 3.05) is 0 Å². The van der Waals surface area contributed by atoms with Gasteiger partial charge in [0.25, 0.3) is 0 Å². The van der Waals surface area contributed by atoms with E-state index < -0.39 is 5.97 Å². The lowest BCUT2D eigenvalue weighted by Gasteiger charge is -2.11. The Bertz CT molecular complexity index is 423. The number of carboxylic acid groups (broad SMARTS) is 1. The van der Waals surface area contributed by atoms with Gasteiger partial charge in [0.15, 0.2) is 0 Å². The van der Waals surface area contributed by atoms with Gasteiger partial charge < -0.3 is 5.11 Å². The molecular formula is C11H9NO2. The number of aliphatic carboxylic acids is 1. The van der Waals surface area contributed by atoms with Crippen LogP contribution in [-0.4, -0.2) is 17.3 Å². The molecule has 0 aromatic carbocycles. The zero-order valence-electron chi connectivity index (χ0n) is 7.47. The van der Waals surface area contributed by atoms with E-state index in [2.05, 4.69) is 4.99 Å². The second-order valence-corrected chi connectivity index (χ2v) is 3.11. The maximum Gasteiger partial charge on any atom is 0.331 e. The predicted octanol–water partition coefficient (Wildman–Crippen LogP) is 1.85. The van der Waals surface area contributed by atoms with E-state index >= 15 is 0 Å². The monoisotopic (exact) mass is 187 g/mol. The van der Waals surface area contributed by atoms with Gasteiger partial charge in [-0.25, -0.2) is 4.79 Å². The van der Waals surface area contributed by atoms with Crippen molar-refractivity contribution in [3.8, 4) is 0 Å². The quantitative estimate of drug-likeness (QED) is 0.681. The van der Waals surface area contributed by atoms with E-state index in [0.717, 1.165) is 11.1 Å². The number of fused-ring (bicyclic) bond motifs is 1. The third kappa shape index (κ3) is 1.57. The Kier molecular flexibility index (Phi) is 2.14. The first-order valence-electron chi connectivity index (χ1n) is 4.31. The molecule has 3 nitrogen and oxygen atoms in total. The Labute approximate surface area is 81.5 Å². The number of hydrogen-bond donors (Lipinski definition) is 1. The maximum atomic E-state index is 10.7.